The Labute approximate surface area is 182 Å². The Morgan fingerprint density at radius 3 is 2.77 bits per heavy atom. The topological polar surface area (TPSA) is 106 Å². The van der Waals surface area contributed by atoms with E-state index in [-0.39, 0.29) is 12.3 Å². The standard InChI is InChI=1S/C21H23BrN4O4/c1-29-18-12-17-16(11-19(18)30-9-4-2-3-8-20(27)26-28)21(24-13-23-17)25-15-7-5-6-14(22)10-15/h5-7,10-13,28H,2-4,8-9H2,1H3,(H,26,27)(H,23,24,25). The number of fused-ring (bicyclic) bond motifs is 1. The van der Waals surface area contributed by atoms with E-state index < -0.39 is 0 Å². The molecule has 9 heteroatoms. The number of unbranched alkanes of at least 4 members (excludes halogenated alkanes) is 2. The number of carbonyl (C=O) groups excluding carboxylic acids is 1. The van der Waals surface area contributed by atoms with Crippen molar-refractivity contribution in [3.05, 3.63) is 47.2 Å². The summed E-state index contributed by atoms with van der Waals surface area (Å²) in [5, 5.41) is 12.6. The highest BCUT2D eigenvalue weighted by molar-refractivity contribution is 9.10. The molecule has 0 saturated heterocycles. The van der Waals surface area contributed by atoms with E-state index in [9.17, 15) is 4.79 Å². The average Bonchev–Trinajstić information content (AvgIpc) is 2.75. The van der Waals surface area contributed by atoms with Crippen molar-refractivity contribution in [1.29, 1.82) is 0 Å². The van der Waals surface area contributed by atoms with Crippen LogP contribution in [0.4, 0.5) is 11.5 Å². The maximum absolute atomic E-state index is 11.0. The van der Waals surface area contributed by atoms with Crippen LogP contribution in [0.2, 0.25) is 0 Å². The molecule has 0 radical (unpaired) electrons. The number of benzene rings is 2. The molecule has 2 aromatic carbocycles. The number of hydrogen-bond donors (Lipinski definition) is 3. The molecule has 0 saturated carbocycles. The van der Waals surface area contributed by atoms with Gasteiger partial charge < -0.3 is 14.8 Å². The van der Waals surface area contributed by atoms with Gasteiger partial charge in [0.15, 0.2) is 11.5 Å². The minimum atomic E-state index is -0.377. The average molecular weight is 475 g/mol. The van der Waals surface area contributed by atoms with Crippen LogP contribution in [0.3, 0.4) is 0 Å². The van der Waals surface area contributed by atoms with Gasteiger partial charge in [0.1, 0.15) is 12.1 Å². The summed E-state index contributed by atoms with van der Waals surface area (Å²) in [5.41, 5.74) is 3.27. The number of hydrogen-bond acceptors (Lipinski definition) is 7. The number of amides is 1. The van der Waals surface area contributed by atoms with E-state index in [0.29, 0.717) is 30.3 Å². The molecule has 8 nitrogen and oxygen atoms in total. The van der Waals surface area contributed by atoms with Gasteiger partial charge in [-0.3, -0.25) is 10.0 Å². The molecule has 0 bridgehead atoms. The van der Waals surface area contributed by atoms with Crippen LogP contribution in [0.25, 0.3) is 10.9 Å². The Morgan fingerprint density at radius 2 is 2.00 bits per heavy atom. The number of halogens is 1. The third-order valence-corrected chi connectivity index (χ3v) is 4.93. The molecule has 0 atom stereocenters. The van der Waals surface area contributed by atoms with Crippen molar-refractivity contribution in [3.8, 4) is 11.5 Å². The lowest BCUT2D eigenvalue weighted by Crippen LogP contribution is -2.17. The van der Waals surface area contributed by atoms with E-state index >= 15 is 0 Å². The van der Waals surface area contributed by atoms with Gasteiger partial charge in [0, 0.05) is 28.0 Å². The van der Waals surface area contributed by atoms with Crippen LogP contribution in [0.5, 0.6) is 11.5 Å². The maximum atomic E-state index is 11.0. The highest BCUT2D eigenvalue weighted by atomic mass is 79.9. The first-order valence-electron chi connectivity index (χ1n) is 9.52. The molecule has 1 heterocycles. The van der Waals surface area contributed by atoms with Gasteiger partial charge in [-0.05, 0) is 43.5 Å². The highest BCUT2D eigenvalue weighted by Gasteiger charge is 2.12. The number of nitrogens with zero attached hydrogens (tertiary/aromatic N) is 2. The number of carbonyl (C=O) groups is 1. The first-order chi connectivity index (χ1) is 14.6. The van der Waals surface area contributed by atoms with Crippen LogP contribution in [0.1, 0.15) is 25.7 Å². The van der Waals surface area contributed by atoms with Gasteiger partial charge in [-0.25, -0.2) is 15.4 Å². The van der Waals surface area contributed by atoms with Crippen molar-refractivity contribution in [2.45, 2.75) is 25.7 Å². The minimum Gasteiger partial charge on any atom is -0.493 e. The number of ether oxygens (including phenoxy) is 2. The molecule has 158 valence electrons. The minimum absolute atomic E-state index is 0.289. The Kier molecular flexibility index (Phi) is 7.81. The highest BCUT2D eigenvalue weighted by Crippen LogP contribution is 2.35. The third-order valence-electron chi connectivity index (χ3n) is 4.44. The molecule has 0 spiro atoms. The normalized spacial score (nSPS) is 10.6. The molecular formula is C21H23BrN4O4. The van der Waals surface area contributed by atoms with Gasteiger partial charge in [-0.15, -0.1) is 0 Å². The predicted octanol–water partition coefficient (Wildman–Crippen LogP) is 4.59. The molecular weight excluding hydrogens is 452 g/mol. The number of rotatable bonds is 10. The van der Waals surface area contributed by atoms with Gasteiger partial charge in [-0.1, -0.05) is 22.0 Å². The van der Waals surface area contributed by atoms with Crippen LogP contribution < -0.4 is 20.3 Å². The molecule has 0 unspecified atom stereocenters. The summed E-state index contributed by atoms with van der Waals surface area (Å²) in [4.78, 5) is 19.7. The monoisotopic (exact) mass is 474 g/mol. The Bertz CT molecular complexity index is 1020. The van der Waals surface area contributed by atoms with Gasteiger partial charge in [0.2, 0.25) is 5.91 Å². The summed E-state index contributed by atoms with van der Waals surface area (Å²) in [6.07, 6.45) is 4.05. The van der Waals surface area contributed by atoms with Crippen molar-refractivity contribution in [3.63, 3.8) is 0 Å². The van der Waals surface area contributed by atoms with E-state index in [1.165, 1.54) is 6.33 Å². The zero-order valence-corrected chi connectivity index (χ0v) is 18.1. The fourth-order valence-corrected chi connectivity index (χ4v) is 3.34. The van der Waals surface area contributed by atoms with Crippen molar-refractivity contribution < 1.29 is 19.5 Å². The smallest absolute Gasteiger partial charge is 0.243 e. The van der Waals surface area contributed by atoms with Crippen molar-refractivity contribution in [1.82, 2.24) is 15.4 Å². The number of aromatic nitrogens is 2. The van der Waals surface area contributed by atoms with Crippen LogP contribution >= 0.6 is 15.9 Å². The Hall–Kier alpha value is -2.91. The quantitative estimate of drug-likeness (QED) is 0.224. The van der Waals surface area contributed by atoms with E-state index in [1.54, 1.807) is 12.6 Å². The summed E-state index contributed by atoms with van der Waals surface area (Å²) in [6, 6.07) is 11.5. The summed E-state index contributed by atoms with van der Waals surface area (Å²) in [6.45, 7) is 0.477. The van der Waals surface area contributed by atoms with Crippen LogP contribution in [0.15, 0.2) is 47.2 Å². The van der Waals surface area contributed by atoms with Gasteiger partial charge in [-0.2, -0.15) is 0 Å². The molecule has 1 aromatic heterocycles. The SMILES string of the molecule is COc1cc2ncnc(Nc3cccc(Br)c3)c2cc1OCCCCCC(=O)NO. The third kappa shape index (κ3) is 5.80. The zero-order chi connectivity index (χ0) is 21.3. The van der Waals surface area contributed by atoms with Crippen LogP contribution in [-0.4, -0.2) is 34.8 Å². The van der Waals surface area contributed by atoms with Crippen molar-refractivity contribution >= 4 is 44.2 Å². The van der Waals surface area contributed by atoms with Gasteiger partial charge in [0.05, 0.1) is 19.2 Å². The van der Waals surface area contributed by atoms with E-state index in [4.69, 9.17) is 14.7 Å². The summed E-state index contributed by atoms with van der Waals surface area (Å²) in [7, 11) is 1.59. The summed E-state index contributed by atoms with van der Waals surface area (Å²) in [5.74, 6) is 1.48. The fourth-order valence-electron chi connectivity index (χ4n) is 2.94. The van der Waals surface area contributed by atoms with Crippen molar-refractivity contribution in [2.75, 3.05) is 19.0 Å². The number of nitrogens with one attached hydrogen (secondary N) is 2. The lowest BCUT2D eigenvalue weighted by molar-refractivity contribution is -0.129. The Balaban J connectivity index is 1.73. The molecule has 3 rings (SSSR count). The molecule has 0 aliphatic heterocycles. The fraction of sp³-hybridized carbons (Fsp3) is 0.286. The van der Waals surface area contributed by atoms with Crippen LogP contribution in [0, 0.1) is 0 Å². The first kappa shape index (κ1) is 21.8. The van der Waals surface area contributed by atoms with E-state index in [0.717, 1.165) is 33.9 Å². The Morgan fingerprint density at radius 1 is 1.13 bits per heavy atom. The molecule has 30 heavy (non-hydrogen) atoms. The molecule has 3 N–H and O–H groups in total. The second-order valence-corrected chi connectivity index (χ2v) is 7.49. The van der Waals surface area contributed by atoms with E-state index in [2.05, 4.69) is 31.2 Å². The molecule has 3 aromatic rings. The lowest BCUT2D eigenvalue weighted by atomic mass is 10.2. The number of methoxy groups -OCH3 is 1. The molecule has 0 aliphatic rings. The second kappa shape index (κ2) is 10.7. The number of anilines is 2. The summed E-state index contributed by atoms with van der Waals surface area (Å²) < 4.78 is 12.4. The maximum Gasteiger partial charge on any atom is 0.243 e. The van der Waals surface area contributed by atoms with Gasteiger partial charge >= 0.3 is 0 Å². The first-order valence-corrected chi connectivity index (χ1v) is 10.3. The largest absolute Gasteiger partial charge is 0.493 e. The number of hydroxylamine groups is 1. The lowest BCUT2D eigenvalue weighted by Gasteiger charge is -2.14. The van der Waals surface area contributed by atoms with Crippen molar-refractivity contribution in [2.24, 2.45) is 0 Å². The summed E-state index contributed by atoms with van der Waals surface area (Å²) >= 11 is 3.47. The second-order valence-electron chi connectivity index (χ2n) is 6.57. The zero-order valence-electron chi connectivity index (χ0n) is 16.5. The molecule has 0 aliphatic carbocycles. The van der Waals surface area contributed by atoms with E-state index in [1.807, 2.05) is 36.4 Å². The van der Waals surface area contributed by atoms with Gasteiger partial charge in [0.25, 0.3) is 0 Å². The predicted molar refractivity (Wildman–Crippen MR) is 117 cm³/mol. The molecule has 1 amide bonds. The molecule has 0 fully saturated rings. The van der Waals surface area contributed by atoms with Crippen LogP contribution in [-0.2, 0) is 4.79 Å².